The zero-order valence-corrected chi connectivity index (χ0v) is 10.9. The van der Waals surface area contributed by atoms with Crippen molar-refractivity contribution in [2.24, 2.45) is 11.7 Å². The van der Waals surface area contributed by atoms with Crippen molar-refractivity contribution in [2.75, 3.05) is 0 Å². The first-order chi connectivity index (χ1) is 8.16. The van der Waals surface area contributed by atoms with Crippen LogP contribution in [-0.4, -0.2) is 16.9 Å². The highest BCUT2D eigenvalue weighted by Gasteiger charge is 2.28. The predicted molar refractivity (Wildman–Crippen MR) is 68.6 cm³/mol. The number of thiazole rings is 1. The van der Waals surface area contributed by atoms with Gasteiger partial charge in [0.15, 0.2) is 0 Å². The van der Waals surface area contributed by atoms with Crippen LogP contribution in [0.3, 0.4) is 0 Å². The Morgan fingerprint density at radius 1 is 1.59 bits per heavy atom. The van der Waals surface area contributed by atoms with Gasteiger partial charge >= 0.3 is 0 Å². The Hall–Kier alpha value is -0.940. The molecule has 1 fully saturated rings. The van der Waals surface area contributed by atoms with E-state index < -0.39 is 0 Å². The van der Waals surface area contributed by atoms with Crippen LogP contribution in [0.5, 0.6) is 0 Å². The lowest BCUT2D eigenvalue weighted by molar-refractivity contribution is -0.123. The van der Waals surface area contributed by atoms with Crippen LogP contribution in [0.1, 0.15) is 36.4 Å². The molecule has 0 aromatic carbocycles. The fourth-order valence-corrected chi connectivity index (χ4v) is 3.05. The van der Waals surface area contributed by atoms with E-state index in [0.717, 1.165) is 36.5 Å². The van der Waals surface area contributed by atoms with Gasteiger partial charge in [0.05, 0.1) is 16.6 Å². The zero-order chi connectivity index (χ0) is 12.3. The molecule has 2 rings (SSSR count). The maximum atomic E-state index is 11.3. The molecule has 0 bridgehead atoms. The minimum atomic E-state index is -0.170. The molecular formula is C12H19N3OS. The first-order valence-electron chi connectivity index (χ1n) is 6.10. The van der Waals surface area contributed by atoms with Crippen LogP contribution in [0.25, 0.3) is 0 Å². The van der Waals surface area contributed by atoms with Crippen LogP contribution >= 0.6 is 11.3 Å². The molecule has 1 saturated carbocycles. The highest BCUT2D eigenvalue weighted by atomic mass is 32.1. The summed E-state index contributed by atoms with van der Waals surface area (Å²) in [5.74, 6) is -0.180. The Bertz CT molecular complexity index is 391. The highest BCUT2D eigenvalue weighted by Crippen LogP contribution is 2.24. The number of hydrogen-bond acceptors (Lipinski definition) is 4. The number of rotatable bonds is 4. The third-order valence-electron chi connectivity index (χ3n) is 3.34. The standard InChI is InChI=1S/C12H19N3OS/c1-8-15-9(7-17-8)6-14-11-5-3-2-4-10(11)12(13)16/h7,10-11,14H,2-6H2,1H3,(H2,13,16)/t10-,11+/m0/s1. The van der Waals surface area contributed by atoms with Gasteiger partial charge in [-0.2, -0.15) is 0 Å². The van der Waals surface area contributed by atoms with Gasteiger partial charge in [-0.15, -0.1) is 11.3 Å². The molecular weight excluding hydrogens is 234 g/mol. The van der Waals surface area contributed by atoms with Crippen LogP contribution in [0, 0.1) is 12.8 Å². The first kappa shape index (κ1) is 12.5. The number of hydrogen-bond donors (Lipinski definition) is 2. The van der Waals surface area contributed by atoms with Gasteiger partial charge in [0.1, 0.15) is 0 Å². The van der Waals surface area contributed by atoms with Gasteiger partial charge in [-0.3, -0.25) is 4.79 Å². The molecule has 94 valence electrons. The maximum absolute atomic E-state index is 11.3. The van der Waals surface area contributed by atoms with Crippen molar-refractivity contribution in [2.45, 2.75) is 45.2 Å². The van der Waals surface area contributed by atoms with Crippen LogP contribution < -0.4 is 11.1 Å². The van der Waals surface area contributed by atoms with Gasteiger partial charge in [0.2, 0.25) is 5.91 Å². The molecule has 2 atom stereocenters. The minimum absolute atomic E-state index is 0.0107. The van der Waals surface area contributed by atoms with E-state index in [1.807, 2.05) is 6.92 Å². The number of nitrogens with one attached hydrogen (secondary N) is 1. The van der Waals surface area contributed by atoms with Crippen molar-refractivity contribution in [1.82, 2.24) is 10.3 Å². The lowest BCUT2D eigenvalue weighted by Crippen LogP contribution is -2.44. The third-order valence-corrected chi connectivity index (χ3v) is 4.17. The van der Waals surface area contributed by atoms with Crippen LogP contribution in [0.2, 0.25) is 0 Å². The molecule has 1 aliphatic carbocycles. The molecule has 0 radical (unpaired) electrons. The Morgan fingerprint density at radius 2 is 2.35 bits per heavy atom. The Balaban J connectivity index is 1.90. The smallest absolute Gasteiger partial charge is 0.222 e. The SMILES string of the molecule is Cc1nc(CN[C@@H]2CCCC[C@@H]2C(N)=O)cs1. The average molecular weight is 253 g/mol. The summed E-state index contributed by atoms with van der Waals surface area (Å²) in [4.78, 5) is 15.8. The van der Waals surface area contributed by atoms with E-state index in [9.17, 15) is 4.79 Å². The van der Waals surface area contributed by atoms with E-state index in [4.69, 9.17) is 5.73 Å². The summed E-state index contributed by atoms with van der Waals surface area (Å²) in [5.41, 5.74) is 6.49. The molecule has 1 heterocycles. The molecule has 0 unspecified atom stereocenters. The predicted octanol–water partition coefficient (Wildman–Crippen LogP) is 1.59. The molecule has 4 nitrogen and oxygen atoms in total. The lowest BCUT2D eigenvalue weighted by atomic mass is 9.84. The number of nitrogens with two attached hydrogens (primary N) is 1. The summed E-state index contributed by atoms with van der Waals surface area (Å²) in [6, 6.07) is 0.225. The molecule has 1 aromatic rings. The van der Waals surface area contributed by atoms with Crippen LogP contribution in [-0.2, 0) is 11.3 Å². The Kier molecular flexibility index (Phi) is 4.12. The fraction of sp³-hybridized carbons (Fsp3) is 0.667. The summed E-state index contributed by atoms with van der Waals surface area (Å²) in [6.45, 7) is 2.74. The highest BCUT2D eigenvalue weighted by molar-refractivity contribution is 7.09. The summed E-state index contributed by atoms with van der Waals surface area (Å²) in [6.07, 6.45) is 4.25. The second-order valence-electron chi connectivity index (χ2n) is 4.64. The van der Waals surface area contributed by atoms with E-state index in [2.05, 4.69) is 15.7 Å². The number of amides is 1. The van der Waals surface area contributed by atoms with E-state index in [1.54, 1.807) is 11.3 Å². The van der Waals surface area contributed by atoms with Gasteiger partial charge in [0.25, 0.3) is 0 Å². The van der Waals surface area contributed by atoms with Gasteiger partial charge in [-0.05, 0) is 19.8 Å². The van der Waals surface area contributed by atoms with Gasteiger partial charge in [-0.25, -0.2) is 4.98 Å². The monoisotopic (exact) mass is 253 g/mol. The summed E-state index contributed by atoms with van der Waals surface area (Å²) in [5, 5.41) is 6.57. The minimum Gasteiger partial charge on any atom is -0.369 e. The molecule has 0 spiro atoms. The molecule has 1 aromatic heterocycles. The summed E-state index contributed by atoms with van der Waals surface area (Å²) >= 11 is 1.66. The van der Waals surface area contributed by atoms with E-state index in [1.165, 1.54) is 6.42 Å². The molecule has 1 amide bonds. The van der Waals surface area contributed by atoms with Crippen molar-refractivity contribution in [1.29, 1.82) is 0 Å². The van der Waals surface area contributed by atoms with E-state index in [0.29, 0.717) is 0 Å². The fourth-order valence-electron chi connectivity index (χ4n) is 2.44. The maximum Gasteiger partial charge on any atom is 0.222 e. The van der Waals surface area contributed by atoms with Gasteiger partial charge in [-0.1, -0.05) is 12.8 Å². The topological polar surface area (TPSA) is 68.0 Å². The molecule has 3 N–H and O–H groups in total. The largest absolute Gasteiger partial charge is 0.369 e. The number of primary amides is 1. The zero-order valence-electron chi connectivity index (χ0n) is 10.1. The number of carbonyl (C=O) groups excluding carboxylic acids is 1. The normalized spacial score (nSPS) is 24.8. The molecule has 5 heteroatoms. The van der Waals surface area contributed by atoms with Crippen LogP contribution in [0.15, 0.2) is 5.38 Å². The van der Waals surface area contributed by atoms with E-state index >= 15 is 0 Å². The molecule has 1 aliphatic rings. The second kappa shape index (κ2) is 5.60. The first-order valence-corrected chi connectivity index (χ1v) is 6.98. The van der Waals surface area contributed by atoms with Crippen molar-refractivity contribution in [3.63, 3.8) is 0 Å². The van der Waals surface area contributed by atoms with Crippen LogP contribution in [0.4, 0.5) is 0 Å². The molecule has 0 aliphatic heterocycles. The molecule has 17 heavy (non-hydrogen) atoms. The van der Waals surface area contributed by atoms with E-state index in [-0.39, 0.29) is 17.9 Å². The third kappa shape index (κ3) is 3.26. The Morgan fingerprint density at radius 3 is 3.00 bits per heavy atom. The van der Waals surface area contributed by atoms with Crippen molar-refractivity contribution in [3.8, 4) is 0 Å². The average Bonchev–Trinajstić information content (AvgIpc) is 2.73. The summed E-state index contributed by atoms with van der Waals surface area (Å²) in [7, 11) is 0. The second-order valence-corrected chi connectivity index (χ2v) is 5.70. The van der Waals surface area contributed by atoms with Gasteiger partial charge in [0, 0.05) is 18.0 Å². The quantitative estimate of drug-likeness (QED) is 0.856. The van der Waals surface area contributed by atoms with Crippen molar-refractivity contribution in [3.05, 3.63) is 16.1 Å². The lowest BCUT2D eigenvalue weighted by Gasteiger charge is -2.29. The summed E-state index contributed by atoms with van der Waals surface area (Å²) < 4.78 is 0. The van der Waals surface area contributed by atoms with Gasteiger partial charge < -0.3 is 11.1 Å². The number of aromatic nitrogens is 1. The number of carbonyl (C=O) groups is 1. The number of nitrogens with zero attached hydrogens (tertiary/aromatic N) is 1. The molecule has 0 saturated heterocycles. The number of aryl methyl sites for hydroxylation is 1. The van der Waals surface area contributed by atoms with Crippen molar-refractivity contribution >= 4 is 17.2 Å². The Labute approximate surface area is 106 Å². The van der Waals surface area contributed by atoms with Crippen molar-refractivity contribution < 1.29 is 4.79 Å².